The van der Waals surface area contributed by atoms with Crippen LogP contribution >= 0.6 is 0 Å². The molecule has 5 nitrogen and oxygen atoms in total. The summed E-state index contributed by atoms with van der Waals surface area (Å²) in [5, 5.41) is 9.53. The summed E-state index contributed by atoms with van der Waals surface area (Å²) in [6, 6.07) is 11.6. The second-order valence-electron chi connectivity index (χ2n) is 5.70. The Morgan fingerprint density at radius 2 is 1.92 bits per heavy atom. The number of hydrogen-bond donors (Lipinski definition) is 0. The highest BCUT2D eigenvalue weighted by molar-refractivity contribution is 5.98. The van der Waals surface area contributed by atoms with E-state index < -0.39 is 0 Å². The molecule has 0 aliphatic heterocycles. The SMILES string of the molecule is Cc1oc(-n2cccc2)c(C#N)c1C(=O)N(C)Cc1ccc(F)cc1. The van der Waals surface area contributed by atoms with E-state index in [1.807, 2.05) is 0 Å². The van der Waals surface area contributed by atoms with Crippen LogP contribution in [0.4, 0.5) is 4.39 Å². The molecule has 0 aliphatic rings. The molecule has 0 aliphatic carbocycles. The highest BCUT2D eigenvalue weighted by atomic mass is 19.1. The molecule has 3 aromatic rings. The monoisotopic (exact) mass is 337 g/mol. The predicted octanol–water partition coefficient (Wildman–Crippen LogP) is 3.66. The van der Waals surface area contributed by atoms with Crippen LogP contribution in [0.1, 0.15) is 27.2 Å². The van der Waals surface area contributed by atoms with Crippen molar-refractivity contribution in [3.8, 4) is 12.0 Å². The van der Waals surface area contributed by atoms with Gasteiger partial charge in [-0.1, -0.05) is 12.1 Å². The average molecular weight is 337 g/mol. The zero-order valence-corrected chi connectivity index (χ0v) is 13.9. The number of carbonyl (C=O) groups is 1. The second kappa shape index (κ2) is 6.65. The van der Waals surface area contributed by atoms with Gasteiger partial charge in [-0.15, -0.1) is 0 Å². The summed E-state index contributed by atoms with van der Waals surface area (Å²) < 4.78 is 20.3. The lowest BCUT2D eigenvalue weighted by Crippen LogP contribution is -2.27. The van der Waals surface area contributed by atoms with Gasteiger partial charge in [0.25, 0.3) is 5.91 Å². The van der Waals surface area contributed by atoms with Crippen LogP contribution < -0.4 is 0 Å². The lowest BCUT2D eigenvalue weighted by Gasteiger charge is -2.17. The molecule has 126 valence electrons. The molecule has 6 heteroatoms. The van der Waals surface area contributed by atoms with Crippen LogP contribution in [0.3, 0.4) is 0 Å². The van der Waals surface area contributed by atoms with Crippen molar-refractivity contribution >= 4 is 5.91 Å². The highest BCUT2D eigenvalue weighted by Gasteiger charge is 2.26. The summed E-state index contributed by atoms with van der Waals surface area (Å²) >= 11 is 0. The normalized spacial score (nSPS) is 10.5. The van der Waals surface area contributed by atoms with E-state index in [0.717, 1.165) is 5.56 Å². The van der Waals surface area contributed by atoms with E-state index in [0.29, 0.717) is 18.2 Å². The lowest BCUT2D eigenvalue weighted by molar-refractivity contribution is 0.0783. The maximum absolute atomic E-state index is 13.0. The number of hydrogen-bond acceptors (Lipinski definition) is 3. The molecule has 25 heavy (non-hydrogen) atoms. The van der Waals surface area contributed by atoms with Gasteiger partial charge in [0.2, 0.25) is 5.88 Å². The van der Waals surface area contributed by atoms with Gasteiger partial charge in [-0.25, -0.2) is 4.39 Å². The molecule has 0 saturated carbocycles. The number of benzene rings is 1. The van der Waals surface area contributed by atoms with E-state index in [1.54, 1.807) is 55.2 Å². The standard InChI is InChI=1S/C19H16FN3O2/c1-13-17(16(11-21)19(25-13)23-9-3-4-10-23)18(24)22(2)12-14-5-7-15(20)8-6-14/h3-10H,12H2,1-2H3. The minimum atomic E-state index is -0.327. The van der Waals surface area contributed by atoms with Crippen molar-refractivity contribution in [1.82, 2.24) is 9.47 Å². The first kappa shape index (κ1) is 16.5. The Morgan fingerprint density at radius 1 is 1.28 bits per heavy atom. The van der Waals surface area contributed by atoms with Gasteiger partial charge in [-0.05, 0) is 36.8 Å². The number of nitrogens with zero attached hydrogens (tertiary/aromatic N) is 3. The van der Waals surface area contributed by atoms with Crippen LogP contribution in [0.5, 0.6) is 0 Å². The molecule has 0 radical (unpaired) electrons. The fourth-order valence-corrected chi connectivity index (χ4v) is 2.67. The van der Waals surface area contributed by atoms with Crippen molar-refractivity contribution < 1.29 is 13.6 Å². The first-order valence-corrected chi connectivity index (χ1v) is 7.68. The van der Waals surface area contributed by atoms with Gasteiger partial charge in [-0.2, -0.15) is 5.26 Å². The molecule has 3 rings (SSSR count). The third-order valence-electron chi connectivity index (χ3n) is 3.91. The number of aryl methyl sites for hydroxylation is 1. The minimum absolute atomic E-state index is 0.199. The van der Waals surface area contributed by atoms with Crippen LogP contribution in [-0.2, 0) is 6.54 Å². The maximum atomic E-state index is 13.0. The molecule has 1 aromatic carbocycles. The Labute approximate surface area is 144 Å². The van der Waals surface area contributed by atoms with E-state index in [2.05, 4.69) is 6.07 Å². The number of amides is 1. The Balaban J connectivity index is 1.91. The lowest BCUT2D eigenvalue weighted by atomic mass is 10.1. The van der Waals surface area contributed by atoms with Crippen molar-refractivity contribution in [2.45, 2.75) is 13.5 Å². The maximum Gasteiger partial charge on any atom is 0.258 e. The topological polar surface area (TPSA) is 62.2 Å². The quantitative estimate of drug-likeness (QED) is 0.730. The van der Waals surface area contributed by atoms with Gasteiger partial charge in [0.1, 0.15) is 28.8 Å². The van der Waals surface area contributed by atoms with Crippen LogP contribution in [0.25, 0.3) is 5.88 Å². The van der Waals surface area contributed by atoms with Crippen molar-refractivity contribution in [2.75, 3.05) is 7.05 Å². The summed E-state index contributed by atoms with van der Waals surface area (Å²) in [7, 11) is 1.63. The van der Waals surface area contributed by atoms with Gasteiger partial charge in [-0.3, -0.25) is 9.36 Å². The molecule has 1 amide bonds. The molecular formula is C19H16FN3O2. The molecule has 0 spiro atoms. The van der Waals surface area contributed by atoms with Gasteiger partial charge in [0, 0.05) is 26.0 Å². The van der Waals surface area contributed by atoms with E-state index in [-0.39, 0.29) is 22.9 Å². The smallest absolute Gasteiger partial charge is 0.258 e. The van der Waals surface area contributed by atoms with E-state index in [1.165, 1.54) is 17.0 Å². The minimum Gasteiger partial charge on any atom is -0.443 e. The Morgan fingerprint density at radius 3 is 2.52 bits per heavy atom. The Kier molecular flexibility index (Phi) is 4.40. The van der Waals surface area contributed by atoms with Crippen molar-refractivity contribution in [2.24, 2.45) is 0 Å². The fraction of sp³-hybridized carbons (Fsp3) is 0.158. The summed E-state index contributed by atoms with van der Waals surface area (Å²) in [6.45, 7) is 1.96. The summed E-state index contributed by atoms with van der Waals surface area (Å²) in [5.41, 5.74) is 1.24. The van der Waals surface area contributed by atoms with Gasteiger partial charge < -0.3 is 9.32 Å². The van der Waals surface area contributed by atoms with Crippen molar-refractivity contribution in [3.05, 3.63) is 77.1 Å². The second-order valence-corrected chi connectivity index (χ2v) is 5.70. The summed E-state index contributed by atoms with van der Waals surface area (Å²) in [5.74, 6) is 0.0619. The first-order valence-electron chi connectivity index (χ1n) is 7.68. The highest BCUT2D eigenvalue weighted by Crippen LogP contribution is 2.26. The number of nitriles is 1. The molecule has 0 bridgehead atoms. The van der Waals surface area contributed by atoms with Gasteiger partial charge >= 0.3 is 0 Å². The van der Waals surface area contributed by atoms with Gasteiger partial charge in [0.05, 0.1) is 0 Å². The molecule has 2 heterocycles. The molecule has 2 aromatic heterocycles. The van der Waals surface area contributed by atoms with Crippen LogP contribution in [0.2, 0.25) is 0 Å². The predicted molar refractivity (Wildman–Crippen MR) is 89.7 cm³/mol. The largest absolute Gasteiger partial charge is 0.443 e. The van der Waals surface area contributed by atoms with E-state index >= 15 is 0 Å². The molecule has 0 saturated heterocycles. The van der Waals surface area contributed by atoms with Gasteiger partial charge in [0.15, 0.2) is 0 Å². The third kappa shape index (κ3) is 3.17. The van der Waals surface area contributed by atoms with Crippen LogP contribution in [0, 0.1) is 24.1 Å². The molecule has 0 atom stereocenters. The first-order chi connectivity index (χ1) is 12.0. The van der Waals surface area contributed by atoms with Crippen molar-refractivity contribution in [1.29, 1.82) is 5.26 Å². The number of halogens is 1. The van der Waals surface area contributed by atoms with E-state index in [9.17, 15) is 14.4 Å². The number of rotatable bonds is 4. The Bertz CT molecular complexity index is 934. The van der Waals surface area contributed by atoms with Crippen LogP contribution in [0.15, 0.2) is 53.2 Å². The summed E-state index contributed by atoms with van der Waals surface area (Å²) in [6.07, 6.45) is 3.49. The average Bonchev–Trinajstić information content (AvgIpc) is 3.23. The number of furan rings is 1. The fourth-order valence-electron chi connectivity index (χ4n) is 2.67. The Hall–Kier alpha value is -3.33. The molecule has 0 unspecified atom stereocenters. The molecule has 0 N–H and O–H groups in total. The zero-order chi connectivity index (χ0) is 18.0. The van der Waals surface area contributed by atoms with E-state index in [4.69, 9.17) is 4.42 Å². The summed E-state index contributed by atoms with van der Waals surface area (Å²) in [4.78, 5) is 14.3. The van der Waals surface area contributed by atoms with Crippen molar-refractivity contribution in [3.63, 3.8) is 0 Å². The molecular weight excluding hydrogens is 321 g/mol. The molecule has 0 fully saturated rings. The third-order valence-corrected chi connectivity index (χ3v) is 3.91. The zero-order valence-electron chi connectivity index (χ0n) is 13.9. The number of aromatic nitrogens is 1. The number of carbonyl (C=O) groups excluding carboxylic acids is 1. The van der Waals surface area contributed by atoms with Crippen LogP contribution in [-0.4, -0.2) is 22.4 Å².